The molecule has 2 N–H and O–H groups in total. The molecule has 1 fully saturated rings. The van der Waals surface area contributed by atoms with E-state index < -0.39 is 5.60 Å². The van der Waals surface area contributed by atoms with Crippen LogP contribution in [0.25, 0.3) is 10.9 Å². The van der Waals surface area contributed by atoms with Crippen LogP contribution in [0, 0.1) is 0 Å². The predicted octanol–water partition coefficient (Wildman–Crippen LogP) is 3.63. The minimum Gasteiger partial charge on any atom is -0.444 e. The Hall–Kier alpha value is -1.86. The zero-order valence-corrected chi connectivity index (χ0v) is 17.0. The molecule has 1 aromatic carbocycles. The SMILES string of the molecule is CC(C)(C)OC(=O)N1CCN(Cc2cc(N)nc3cc(Br)ccc23)CC1. The summed E-state index contributed by atoms with van der Waals surface area (Å²) < 4.78 is 6.44. The van der Waals surface area contributed by atoms with Gasteiger partial charge in [-0.1, -0.05) is 22.0 Å². The van der Waals surface area contributed by atoms with Gasteiger partial charge in [-0.05, 0) is 44.5 Å². The largest absolute Gasteiger partial charge is 0.444 e. The summed E-state index contributed by atoms with van der Waals surface area (Å²) in [5.74, 6) is 0.526. The van der Waals surface area contributed by atoms with Crippen molar-refractivity contribution in [1.82, 2.24) is 14.8 Å². The van der Waals surface area contributed by atoms with Crippen molar-refractivity contribution in [3.63, 3.8) is 0 Å². The van der Waals surface area contributed by atoms with Crippen LogP contribution < -0.4 is 5.73 Å². The van der Waals surface area contributed by atoms with Crippen LogP contribution in [0.5, 0.6) is 0 Å². The number of nitrogen functional groups attached to an aromatic ring is 1. The van der Waals surface area contributed by atoms with Crippen molar-refractivity contribution in [3.8, 4) is 0 Å². The van der Waals surface area contributed by atoms with Crippen molar-refractivity contribution in [1.29, 1.82) is 0 Å². The molecule has 3 rings (SSSR count). The number of fused-ring (bicyclic) bond motifs is 1. The molecule has 1 aliphatic rings. The Kier molecular flexibility index (Phi) is 5.39. The first-order valence-electron chi connectivity index (χ1n) is 8.76. The van der Waals surface area contributed by atoms with Crippen LogP contribution in [0.4, 0.5) is 10.6 Å². The van der Waals surface area contributed by atoms with Gasteiger partial charge in [0.1, 0.15) is 11.4 Å². The Morgan fingerprint density at radius 1 is 1.23 bits per heavy atom. The number of carbonyl (C=O) groups excluding carboxylic acids is 1. The average Bonchev–Trinajstić information content (AvgIpc) is 2.53. The maximum Gasteiger partial charge on any atom is 0.410 e. The molecule has 0 atom stereocenters. The first kappa shape index (κ1) is 18.9. The molecule has 0 spiro atoms. The number of rotatable bonds is 2. The molecule has 1 saturated heterocycles. The zero-order valence-electron chi connectivity index (χ0n) is 15.5. The lowest BCUT2D eigenvalue weighted by molar-refractivity contribution is 0.0139. The van der Waals surface area contributed by atoms with E-state index in [1.807, 2.05) is 39.0 Å². The Bertz CT molecular complexity index is 806. The van der Waals surface area contributed by atoms with Gasteiger partial charge in [0.05, 0.1) is 5.52 Å². The van der Waals surface area contributed by atoms with E-state index in [9.17, 15) is 4.79 Å². The summed E-state index contributed by atoms with van der Waals surface area (Å²) in [6.45, 7) is 9.39. The van der Waals surface area contributed by atoms with Crippen LogP contribution in [0.3, 0.4) is 0 Å². The van der Waals surface area contributed by atoms with E-state index in [2.05, 4.69) is 31.9 Å². The molecule has 6 nitrogen and oxygen atoms in total. The van der Waals surface area contributed by atoms with E-state index in [0.29, 0.717) is 18.9 Å². The smallest absolute Gasteiger partial charge is 0.410 e. The van der Waals surface area contributed by atoms with Gasteiger partial charge in [0.2, 0.25) is 0 Å². The molecule has 0 unspecified atom stereocenters. The summed E-state index contributed by atoms with van der Waals surface area (Å²) in [7, 11) is 0. The number of hydrogen-bond acceptors (Lipinski definition) is 5. The lowest BCUT2D eigenvalue weighted by atomic mass is 10.1. The van der Waals surface area contributed by atoms with Crippen molar-refractivity contribution in [2.24, 2.45) is 0 Å². The van der Waals surface area contributed by atoms with Crippen LogP contribution in [-0.2, 0) is 11.3 Å². The van der Waals surface area contributed by atoms with Gasteiger partial charge >= 0.3 is 6.09 Å². The Morgan fingerprint density at radius 3 is 2.58 bits per heavy atom. The van der Waals surface area contributed by atoms with Crippen molar-refractivity contribution in [2.75, 3.05) is 31.9 Å². The van der Waals surface area contributed by atoms with E-state index in [-0.39, 0.29) is 6.09 Å². The molecule has 0 bridgehead atoms. The number of nitrogens with two attached hydrogens (primary N) is 1. The van der Waals surface area contributed by atoms with Crippen molar-refractivity contribution in [2.45, 2.75) is 32.9 Å². The monoisotopic (exact) mass is 420 g/mol. The molecule has 0 radical (unpaired) electrons. The fourth-order valence-corrected chi connectivity index (χ4v) is 3.43. The number of halogens is 1. The number of piperazine rings is 1. The number of amides is 1. The first-order chi connectivity index (χ1) is 12.2. The van der Waals surface area contributed by atoms with Crippen LogP contribution in [0.2, 0.25) is 0 Å². The molecule has 0 saturated carbocycles. The van der Waals surface area contributed by atoms with Gasteiger partial charge < -0.3 is 15.4 Å². The van der Waals surface area contributed by atoms with Crippen LogP contribution in [0.15, 0.2) is 28.7 Å². The lowest BCUT2D eigenvalue weighted by Crippen LogP contribution is -2.49. The average molecular weight is 421 g/mol. The Morgan fingerprint density at radius 2 is 1.92 bits per heavy atom. The summed E-state index contributed by atoms with van der Waals surface area (Å²) in [5, 5.41) is 1.11. The zero-order chi connectivity index (χ0) is 18.9. The highest BCUT2D eigenvalue weighted by Crippen LogP contribution is 2.25. The second-order valence-electron chi connectivity index (χ2n) is 7.61. The third-order valence-corrected chi connectivity index (χ3v) is 4.79. The topological polar surface area (TPSA) is 71.7 Å². The van der Waals surface area contributed by atoms with Gasteiger partial charge in [-0.25, -0.2) is 9.78 Å². The minimum absolute atomic E-state index is 0.236. The summed E-state index contributed by atoms with van der Waals surface area (Å²) in [5.41, 5.74) is 7.57. The number of ether oxygens (including phenoxy) is 1. The van der Waals surface area contributed by atoms with E-state index in [4.69, 9.17) is 10.5 Å². The normalized spacial score (nSPS) is 16.1. The predicted molar refractivity (Wildman–Crippen MR) is 107 cm³/mol. The van der Waals surface area contributed by atoms with Crippen LogP contribution in [0.1, 0.15) is 26.3 Å². The highest BCUT2D eigenvalue weighted by Gasteiger charge is 2.26. The van der Waals surface area contributed by atoms with E-state index in [1.54, 1.807) is 4.90 Å². The quantitative estimate of drug-likeness (QED) is 0.802. The molecule has 2 heterocycles. The third-order valence-electron chi connectivity index (χ3n) is 4.30. The molecule has 140 valence electrons. The Balaban J connectivity index is 1.67. The van der Waals surface area contributed by atoms with Gasteiger partial charge in [0.15, 0.2) is 0 Å². The van der Waals surface area contributed by atoms with Crippen LogP contribution in [-0.4, -0.2) is 52.7 Å². The molecule has 0 aliphatic carbocycles. The van der Waals surface area contributed by atoms with Gasteiger partial charge in [0, 0.05) is 42.6 Å². The van der Waals surface area contributed by atoms with Gasteiger partial charge in [0.25, 0.3) is 0 Å². The maximum absolute atomic E-state index is 12.2. The van der Waals surface area contributed by atoms with Gasteiger partial charge in [-0.15, -0.1) is 0 Å². The molecule has 1 aromatic heterocycles. The second-order valence-corrected chi connectivity index (χ2v) is 8.53. The summed E-state index contributed by atoms with van der Waals surface area (Å²) >= 11 is 3.48. The molecule has 1 amide bonds. The number of hydrogen-bond donors (Lipinski definition) is 1. The highest BCUT2D eigenvalue weighted by atomic mass is 79.9. The molecule has 1 aliphatic heterocycles. The highest BCUT2D eigenvalue weighted by molar-refractivity contribution is 9.10. The molecule has 26 heavy (non-hydrogen) atoms. The van der Waals surface area contributed by atoms with Crippen molar-refractivity contribution in [3.05, 3.63) is 34.3 Å². The van der Waals surface area contributed by atoms with E-state index >= 15 is 0 Å². The molecular formula is C19H25BrN4O2. The lowest BCUT2D eigenvalue weighted by Gasteiger charge is -2.35. The van der Waals surface area contributed by atoms with Gasteiger partial charge in [-0.3, -0.25) is 4.90 Å². The van der Waals surface area contributed by atoms with E-state index in [1.165, 1.54) is 0 Å². The standard InChI is InChI=1S/C19H25BrN4O2/c1-19(2,3)26-18(25)24-8-6-23(7-9-24)12-13-10-17(21)22-16-11-14(20)4-5-15(13)16/h4-5,10-11H,6-9,12H2,1-3H3,(H2,21,22). The van der Waals surface area contributed by atoms with Crippen molar-refractivity contribution >= 4 is 38.7 Å². The number of benzene rings is 1. The Labute approximate surface area is 162 Å². The fraction of sp³-hybridized carbons (Fsp3) is 0.474. The fourth-order valence-electron chi connectivity index (χ4n) is 3.08. The number of aromatic nitrogens is 1. The summed E-state index contributed by atoms with van der Waals surface area (Å²) in [4.78, 5) is 20.7. The molecule has 2 aromatic rings. The number of anilines is 1. The summed E-state index contributed by atoms with van der Waals surface area (Å²) in [6.07, 6.45) is -0.236. The number of nitrogens with zero attached hydrogens (tertiary/aromatic N) is 3. The third kappa shape index (κ3) is 4.65. The summed E-state index contributed by atoms with van der Waals surface area (Å²) in [6, 6.07) is 8.01. The molecular weight excluding hydrogens is 396 g/mol. The van der Waals surface area contributed by atoms with Crippen LogP contribution >= 0.6 is 15.9 Å². The second kappa shape index (κ2) is 7.40. The number of pyridine rings is 1. The van der Waals surface area contributed by atoms with E-state index in [0.717, 1.165) is 40.6 Å². The molecule has 7 heteroatoms. The van der Waals surface area contributed by atoms with Crippen molar-refractivity contribution < 1.29 is 9.53 Å². The minimum atomic E-state index is -0.462. The van der Waals surface area contributed by atoms with Gasteiger partial charge in [-0.2, -0.15) is 0 Å². The maximum atomic E-state index is 12.2. The first-order valence-corrected chi connectivity index (χ1v) is 9.55. The number of carbonyl (C=O) groups is 1.